The third-order valence-electron chi connectivity index (χ3n) is 23.9. The first-order chi connectivity index (χ1) is 62.2. The molecule has 1 unspecified atom stereocenters. The summed E-state index contributed by atoms with van der Waals surface area (Å²) in [5, 5.41) is 335. The molecular formula is C73H121N5O54. The highest BCUT2D eigenvalue weighted by molar-refractivity contribution is 5.78. The minimum atomic E-state index is -3.17. The fraction of sp³-hybridized carbons (Fsp3) is 0.918. The van der Waals surface area contributed by atoms with Crippen LogP contribution in [0.2, 0.25) is 0 Å². The summed E-state index contributed by atoms with van der Waals surface area (Å²) in [7, 11) is 0. The van der Waals surface area contributed by atoms with E-state index in [0.717, 1.165) is 27.7 Å². The third kappa shape index (κ3) is 24.3. The van der Waals surface area contributed by atoms with Gasteiger partial charge in [-0.25, -0.2) is 4.79 Å². The Labute approximate surface area is 746 Å². The number of carboxylic acid groups (broad SMARTS) is 1. The van der Waals surface area contributed by atoms with E-state index >= 15 is 0 Å². The molecule has 10 aliphatic heterocycles. The van der Waals surface area contributed by atoms with E-state index < -0.39 is 420 Å². The van der Waals surface area contributed by atoms with Crippen LogP contribution in [0.5, 0.6) is 0 Å². The molecule has 0 aromatic heterocycles. The van der Waals surface area contributed by atoms with Gasteiger partial charge in [-0.05, 0) is 6.92 Å². The van der Waals surface area contributed by atoms with Crippen molar-refractivity contribution in [3.05, 3.63) is 0 Å². The summed E-state index contributed by atoms with van der Waals surface area (Å²) in [4.78, 5) is 76.9. The highest BCUT2D eigenvalue weighted by Gasteiger charge is 2.63. The van der Waals surface area contributed by atoms with Crippen LogP contribution in [0, 0.1) is 0 Å². The molecule has 10 rings (SSSR count). The molecule has 0 spiro atoms. The Morgan fingerprint density at radius 3 is 1.20 bits per heavy atom. The third-order valence-corrected chi connectivity index (χ3v) is 23.9. The molecule has 0 aromatic rings. The normalized spacial score (nSPS) is 47.2. The largest absolute Gasteiger partial charge is 0.477 e. The molecule has 5 amide bonds. The molecule has 59 heteroatoms. The van der Waals surface area contributed by atoms with Crippen molar-refractivity contribution < 1.29 is 267 Å². The molecule has 0 bridgehead atoms. The van der Waals surface area contributed by atoms with E-state index in [2.05, 4.69) is 26.6 Å². The first-order valence-electron chi connectivity index (χ1n) is 41.8. The molecule has 132 heavy (non-hydrogen) atoms. The van der Waals surface area contributed by atoms with Gasteiger partial charge in [-0.2, -0.15) is 0 Å². The maximum absolute atomic E-state index is 13.3. The summed E-state index contributed by atoms with van der Waals surface area (Å²) < 4.78 is 113. The molecule has 10 saturated heterocycles. The first-order valence-corrected chi connectivity index (χ1v) is 41.8. The molecule has 59 nitrogen and oxygen atoms in total. The Morgan fingerprint density at radius 2 is 0.712 bits per heavy atom. The molecule has 10 heterocycles. The zero-order valence-corrected chi connectivity index (χ0v) is 70.8. The van der Waals surface area contributed by atoms with Crippen LogP contribution in [0.3, 0.4) is 0 Å². The number of aliphatic hydroxyl groups excluding tert-OH is 28. The smallest absolute Gasteiger partial charge is 0.364 e. The lowest BCUT2D eigenvalue weighted by Crippen LogP contribution is -2.71. The van der Waals surface area contributed by atoms with E-state index in [4.69, 9.17) is 90.0 Å². The molecule has 0 aromatic carbocycles. The summed E-state index contributed by atoms with van der Waals surface area (Å²) in [5.74, 6) is -10.3. The van der Waals surface area contributed by atoms with Gasteiger partial charge in [0.2, 0.25) is 29.5 Å². The number of hydrogen-bond acceptors (Lipinski definition) is 53. The van der Waals surface area contributed by atoms with Crippen LogP contribution in [0.15, 0.2) is 0 Å². The van der Waals surface area contributed by atoms with Gasteiger partial charge in [-0.3, -0.25) is 24.0 Å². The molecule has 762 valence electrons. The Bertz CT molecular complexity index is 3680. The van der Waals surface area contributed by atoms with Crippen LogP contribution in [0.25, 0.3) is 0 Å². The standard InChI is InChI=1S/C73H121N5O54/c1-17-38(93)49(104)53(108)67(117-17)114-15-31-58(46(101)34(63(111)118-31)74-18(2)86)126-65-36(76-20(4)88)47(102)57(28(12-84)122-65)128-69-55(110)60(44(99)29(124-69)14-115-70-61(51(106)41(96)25(9-81)120-70)130-64-35(75-19(3)87)45(100)40(95)24(8-80)119-64)129-71-62(52(107)42(97)26(10-82)121-71)131-66-37(77-21(5)89)48(103)56(27(11-83)123-66)127-68-54(109)50(105)43(98)30(125-68)16-116-73(72(112)113)6-22(90)33(78-32(92)13-85)59(132-73)39(94)23(91)7-79/h17,22-31,33-71,79-85,90-91,93-111H,6-16H2,1-5H3,(H,74,86)(H,75,87)(H,76,88)(H,77,89)(H,78,92)(H,112,113)/t17-,22-,23+,24+,25+,26+,27+,28+,29+,30+,31+,33+,34+,35+,36+,37+,38+,39+,40+,41+,42+,43-,44+,45+,46+,47+,48+,49+,50-,51-,52-,53-,54+,55-,56+,57+,58+,59+,60-,61-,62-,63?,64-,65-,66-,67+,68-,69-,70-,71+,73+/m0/s1. The van der Waals surface area contributed by atoms with Crippen LogP contribution in [-0.2, 0) is 119 Å². The van der Waals surface area contributed by atoms with Crippen molar-refractivity contribution in [3.8, 4) is 0 Å². The highest BCUT2D eigenvalue weighted by Crippen LogP contribution is 2.42. The van der Waals surface area contributed by atoms with Crippen LogP contribution >= 0.6 is 0 Å². The van der Waals surface area contributed by atoms with Crippen LogP contribution in [0.1, 0.15) is 41.0 Å². The van der Waals surface area contributed by atoms with Crippen molar-refractivity contribution in [2.75, 3.05) is 66.1 Å². The van der Waals surface area contributed by atoms with Crippen molar-refractivity contribution in [1.82, 2.24) is 26.6 Å². The van der Waals surface area contributed by atoms with E-state index in [9.17, 15) is 177 Å². The first kappa shape index (κ1) is 109. The van der Waals surface area contributed by atoms with Gasteiger partial charge in [0.05, 0.1) is 77.7 Å². The Kier molecular flexibility index (Phi) is 39.0. The zero-order chi connectivity index (χ0) is 97.6. The summed E-state index contributed by atoms with van der Waals surface area (Å²) >= 11 is 0. The van der Waals surface area contributed by atoms with Crippen molar-refractivity contribution in [2.24, 2.45) is 0 Å². The van der Waals surface area contributed by atoms with E-state index in [1.807, 2.05) is 0 Å². The monoisotopic (exact) mass is 1930 g/mol. The van der Waals surface area contributed by atoms with Gasteiger partial charge in [-0.15, -0.1) is 0 Å². The van der Waals surface area contributed by atoms with Gasteiger partial charge in [0.15, 0.2) is 56.6 Å². The summed E-state index contributed by atoms with van der Waals surface area (Å²) in [6.45, 7) is -6.81. The van der Waals surface area contributed by atoms with Gasteiger partial charge in [-0.1, -0.05) is 0 Å². The second kappa shape index (κ2) is 47.3. The number of hydrogen-bond donors (Lipinski definition) is 34. The molecule has 10 fully saturated rings. The number of aliphatic carboxylic acids is 1. The van der Waals surface area contributed by atoms with Gasteiger partial charge in [0, 0.05) is 34.1 Å². The van der Waals surface area contributed by atoms with Crippen molar-refractivity contribution >= 4 is 35.5 Å². The number of nitrogens with one attached hydrogen (secondary N) is 5. The molecule has 0 aliphatic carbocycles. The number of carbonyl (C=O) groups excluding carboxylic acids is 5. The molecule has 51 atom stereocenters. The van der Waals surface area contributed by atoms with E-state index in [-0.39, 0.29) is 0 Å². The van der Waals surface area contributed by atoms with E-state index in [1.54, 1.807) is 0 Å². The highest BCUT2D eigenvalue weighted by atomic mass is 16.8. The van der Waals surface area contributed by atoms with Crippen molar-refractivity contribution in [3.63, 3.8) is 0 Å². The molecule has 0 radical (unpaired) electrons. The van der Waals surface area contributed by atoms with Crippen LogP contribution in [-0.4, -0.2) is 562 Å². The maximum atomic E-state index is 13.3. The quantitative estimate of drug-likeness (QED) is 0.0277. The fourth-order valence-electron chi connectivity index (χ4n) is 16.8. The van der Waals surface area contributed by atoms with Gasteiger partial charge < -0.3 is 265 Å². The maximum Gasteiger partial charge on any atom is 0.364 e. The molecular weight excluding hydrogens is 1810 g/mol. The van der Waals surface area contributed by atoms with Crippen molar-refractivity contribution in [1.29, 1.82) is 0 Å². The zero-order valence-electron chi connectivity index (χ0n) is 70.8. The van der Waals surface area contributed by atoms with Gasteiger partial charge in [0.1, 0.15) is 238 Å². The lowest BCUT2D eigenvalue weighted by molar-refractivity contribution is -0.399. The number of carboxylic acids is 1. The topological polar surface area (TPSA) is 925 Å². The lowest BCUT2D eigenvalue weighted by atomic mass is 9.88. The average molecular weight is 1930 g/mol. The van der Waals surface area contributed by atoms with Crippen LogP contribution < -0.4 is 26.6 Å². The molecule has 34 N–H and O–H groups in total. The Morgan fingerprint density at radius 1 is 0.341 bits per heavy atom. The number of aliphatic hydroxyl groups is 28. The van der Waals surface area contributed by atoms with E-state index in [1.165, 1.54) is 6.92 Å². The number of amides is 5. The predicted molar refractivity (Wildman–Crippen MR) is 405 cm³/mol. The average Bonchev–Trinajstić information content (AvgIpc) is 0.763. The fourth-order valence-corrected chi connectivity index (χ4v) is 16.8. The molecule has 10 aliphatic rings. The number of ether oxygens (including phenoxy) is 19. The van der Waals surface area contributed by atoms with Gasteiger partial charge in [0.25, 0.3) is 5.79 Å². The Balaban J connectivity index is 0.959. The number of carbonyl (C=O) groups is 6. The summed E-state index contributed by atoms with van der Waals surface area (Å²) in [5.41, 5.74) is 0. The second-order valence-corrected chi connectivity index (χ2v) is 33.2. The summed E-state index contributed by atoms with van der Waals surface area (Å²) in [6.07, 6.45) is -98.3. The minimum absolute atomic E-state index is 0.854. The Hall–Kier alpha value is -5.06. The van der Waals surface area contributed by atoms with Crippen molar-refractivity contribution in [2.45, 2.75) is 353 Å². The molecule has 0 saturated carbocycles. The van der Waals surface area contributed by atoms with Gasteiger partial charge >= 0.3 is 5.97 Å². The van der Waals surface area contributed by atoms with E-state index in [0.29, 0.717) is 0 Å². The second-order valence-electron chi connectivity index (χ2n) is 33.2. The van der Waals surface area contributed by atoms with Crippen LogP contribution in [0.4, 0.5) is 0 Å². The predicted octanol–water partition coefficient (Wildman–Crippen LogP) is -22.9. The lowest BCUT2D eigenvalue weighted by Gasteiger charge is -2.51. The number of rotatable bonds is 36. The SMILES string of the molecule is CC(=O)N[C@H]1[C@H](O[C@H]2[C@H](O)[C@@H](NC(C)=O)C(O)O[C@@H]2CO[C@@H]2O[C@@H](C)[C@@H](O)[C@@H](O)[C@@H]2O)O[C@H](CO)[C@@H](O[C@@H]2O[C@H](CO[C@H]3O[C@H](CO)[C@@H](O)[C@H](O)[C@@H]3O[C@@H]3O[C@H](CO)[C@@H](O)[C@H](O)[C@H]3NC(C)=O)[C@@H](O)[C@H](O[C@H]3O[C@H](CO)[C@@H](O)[C@H](O)[C@@H]3O[C@@H]3O[C@H](CO)[C@@H](O[C@@H]4O[C@H](CO[C@]5(C(=O)O)C[C@H](O)[C@@H](NC(=O)CO)[C@H]([C@H](O)[C@H](O)CO)O5)[C@H](O)[C@H](O)[C@H]4O)[C@H](O)[C@H]3NC(C)=O)[C@@H]2O)[C@@H]1O. The summed E-state index contributed by atoms with van der Waals surface area (Å²) in [6, 6.07) is -9.58. The minimum Gasteiger partial charge on any atom is -0.477 e.